The Bertz CT molecular complexity index is 794. The van der Waals surface area contributed by atoms with Gasteiger partial charge >= 0.3 is 0 Å². The van der Waals surface area contributed by atoms with Crippen LogP contribution in [-0.2, 0) is 25.8 Å². The summed E-state index contributed by atoms with van der Waals surface area (Å²) >= 11 is 0. The molecule has 0 N–H and O–H groups in total. The lowest BCUT2D eigenvalue weighted by Gasteiger charge is -2.44. The number of nitrogens with zero attached hydrogens (tertiary/aromatic N) is 3. The zero-order valence-corrected chi connectivity index (χ0v) is 16.7. The summed E-state index contributed by atoms with van der Waals surface area (Å²) < 4.78 is 24.5. The maximum absolute atomic E-state index is 12.8. The molecule has 0 aromatic carbocycles. The van der Waals surface area contributed by atoms with Gasteiger partial charge in [-0.15, -0.1) is 0 Å². The van der Waals surface area contributed by atoms with Crippen LogP contribution in [0.3, 0.4) is 0 Å². The number of rotatable bonds is 5. The van der Waals surface area contributed by atoms with Crippen LogP contribution in [0.2, 0.25) is 0 Å². The first-order chi connectivity index (χ1) is 12.8. The third-order valence-electron chi connectivity index (χ3n) is 5.25. The molecule has 3 rings (SSSR count). The molecule has 0 unspecified atom stereocenters. The van der Waals surface area contributed by atoms with E-state index in [1.54, 1.807) is 22.2 Å². The van der Waals surface area contributed by atoms with Gasteiger partial charge in [-0.1, -0.05) is 19.9 Å². The molecule has 2 fully saturated rings. The summed E-state index contributed by atoms with van der Waals surface area (Å²) in [5.74, 6) is 0.0462. The minimum Gasteiger partial charge on any atom is -0.335 e. The van der Waals surface area contributed by atoms with E-state index in [-0.39, 0.29) is 29.2 Å². The number of amides is 2. The molecule has 2 amide bonds. The van der Waals surface area contributed by atoms with Crippen LogP contribution in [0.15, 0.2) is 24.5 Å². The number of carbonyl (C=O) groups excluding carboxylic acids is 2. The number of sulfone groups is 1. The topological polar surface area (TPSA) is 87.7 Å². The highest BCUT2D eigenvalue weighted by molar-refractivity contribution is 7.91. The summed E-state index contributed by atoms with van der Waals surface area (Å²) in [4.78, 5) is 32.8. The summed E-state index contributed by atoms with van der Waals surface area (Å²) in [5, 5.41) is 0. The van der Waals surface area contributed by atoms with Gasteiger partial charge in [0.25, 0.3) is 0 Å². The van der Waals surface area contributed by atoms with Gasteiger partial charge < -0.3 is 9.80 Å². The van der Waals surface area contributed by atoms with E-state index < -0.39 is 21.9 Å². The second-order valence-corrected chi connectivity index (χ2v) is 10.00. The Morgan fingerprint density at radius 1 is 1.15 bits per heavy atom. The highest BCUT2D eigenvalue weighted by Crippen LogP contribution is 2.28. The Balaban J connectivity index is 1.71. The molecule has 8 heteroatoms. The Morgan fingerprint density at radius 3 is 2.33 bits per heavy atom. The van der Waals surface area contributed by atoms with Crippen LogP contribution in [0.1, 0.15) is 32.3 Å². The molecular weight excluding hydrogens is 366 g/mol. The van der Waals surface area contributed by atoms with Crippen molar-refractivity contribution >= 4 is 21.7 Å². The molecule has 1 aromatic heterocycles. The molecule has 148 valence electrons. The largest absolute Gasteiger partial charge is 0.335 e. The van der Waals surface area contributed by atoms with Crippen molar-refractivity contribution in [3.05, 3.63) is 30.1 Å². The van der Waals surface area contributed by atoms with E-state index in [4.69, 9.17) is 0 Å². The van der Waals surface area contributed by atoms with Gasteiger partial charge in [-0.3, -0.25) is 14.6 Å². The number of carbonyl (C=O) groups is 2. The van der Waals surface area contributed by atoms with Crippen LogP contribution in [0.25, 0.3) is 0 Å². The predicted molar refractivity (Wildman–Crippen MR) is 102 cm³/mol. The molecule has 1 aromatic rings. The van der Waals surface area contributed by atoms with Gasteiger partial charge in [-0.2, -0.15) is 0 Å². The van der Waals surface area contributed by atoms with Gasteiger partial charge in [-0.05, 0) is 24.0 Å². The van der Waals surface area contributed by atoms with Crippen LogP contribution in [-0.4, -0.2) is 71.7 Å². The van der Waals surface area contributed by atoms with Crippen LogP contribution < -0.4 is 0 Å². The van der Waals surface area contributed by atoms with E-state index in [1.165, 1.54) is 0 Å². The number of piperazine rings is 1. The smallest absolute Gasteiger partial charge is 0.223 e. The van der Waals surface area contributed by atoms with E-state index in [2.05, 4.69) is 4.98 Å². The monoisotopic (exact) mass is 393 g/mol. The zero-order valence-electron chi connectivity index (χ0n) is 15.9. The highest BCUT2D eigenvalue weighted by atomic mass is 32.2. The van der Waals surface area contributed by atoms with Gasteiger partial charge in [0.15, 0.2) is 9.84 Å². The number of fused-ring (bicyclic) bond motifs is 1. The Morgan fingerprint density at radius 2 is 1.78 bits per heavy atom. The number of hydrogen-bond acceptors (Lipinski definition) is 5. The molecule has 0 saturated carbocycles. The molecule has 0 radical (unpaired) electrons. The minimum atomic E-state index is -3.26. The maximum Gasteiger partial charge on any atom is 0.223 e. The van der Waals surface area contributed by atoms with Crippen LogP contribution >= 0.6 is 0 Å². The third kappa shape index (κ3) is 4.66. The standard InChI is InChI=1S/C19H27N3O4S/c1-14(2)10-19(24)22-9-8-21(16-12-27(25,26)13-17(16)22)18(23)6-5-15-4-3-7-20-11-15/h3-4,7,11,14,16-17H,5-6,8-10,12-13H2,1-2H3/t16-,17+/m1/s1. The Kier molecular flexibility index (Phi) is 5.83. The van der Waals surface area contributed by atoms with Gasteiger partial charge in [0, 0.05) is 38.3 Å². The van der Waals surface area contributed by atoms with Gasteiger partial charge in [0.1, 0.15) is 0 Å². The fourth-order valence-corrected chi connectivity index (χ4v) is 5.96. The van der Waals surface area contributed by atoms with Crippen molar-refractivity contribution in [3.8, 4) is 0 Å². The summed E-state index contributed by atoms with van der Waals surface area (Å²) in [5.41, 5.74) is 0.979. The first kappa shape index (κ1) is 19.8. The van der Waals surface area contributed by atoms with Crippen molar-refractivity contribution in [3.63, 3.8) is 0 Å². The molecule has 2 aliphatic heterocycles. The fourth-order valence-electron chi connectivity index (χ4n) is 3.98. The van der Waals surface area contributed by atoms with E-state index in [1.807, 2.05) is 26.0 Å². The first-order valence-electron chi connectivity index (χ1n) is 9.45. The molecule has 2 atom stereocenters. The van der Waals surface area contributed by atoms with Crippen molar-refractivity contribution in [1.82, 2.24) is 14.8 Å². The van der Waals surface area contributed by atoms with E-state index in [9.17, 15) is 18.0 Å². The van der Waals surface area contributed by atoms with Crippen LogP contribution in [0.4, 0.5) is 0 Å². The average molecular weight is 394 g/mol. The van der Waals surface area contributed by atoms with E-state index in [0.717, 1.165) is 5.56 Å². The lowest BCUT2D eigenvalue weighted by atomic mass is 10.0. The summed E-state index contributed by atoms with van der Waals surface area (Å²) in [6, 6.07) is 2.91. The lowest BCUT2D eigenvalue weighted by Crippen LogP contribution is -2.62. The van der Waals surface area contributed by atoms with Crippen LogP contribution in [0.5, 0.6) is 0 Å². The predicted octanol–water partition coefficient (Wildman–Crippen LogP) is 0.897. The molecule has 0 aliphatic carbocycles. The van der Waals surface area contributed by atoms with Crippen LogP contribution in [0, 0.1) is 5.92 Å². The summed E-state index contributed by atoms with van der Waals surface area (Å²) in [6.07, 6.45) is 4.71. The molecule has 0 spiro atoms. The van der Waals surface area contributed by atoms with Crippen molar-refractivity contribution in [2.45, 2.75) is 45.2 Å². The zero-order chi connectivity index (χ0) is 19.6. The normalized spacial score (nSPS) is 24.1. The highest BCUT2D eigenvalue weighted by Gasteiger charge is 2.49. The Labute approximate surface area is 160 Å². The molecule has 7 nitrogen and oxygen atoms in total. The second-order valence-electron chi connectivity index (χ2n) is 7.85. The molecule has 0 bridgehead atoms. The molecule has 3 heterocycles. The maximum atomic E-state index is 12.8. The SMILES string of the molecule is CC(C)CC(=O)N1CCN(C(=O)CCc2cccnc2)[C@@H]2CS(=O)(=O)C[C@@H]21. The van der Waals surface area contributed by atoms with Crippen molar-refractivity contribution in [2.24, 2.45) is 5.92 Å². The quantitative estimate of drug-likeness (QED) is 0.742. The minimum absolute atomic E-state index is 0.0143. The van der Waals surface area contributed by atoms with E-state index in [0.29, 0.717) is 32.4 Å². The van der Waals surface area contributed by atoms with Gasteiger partial charge in [0.2, 0.25) is 11.8 Å². The number of aromatic nitrogens is 1. The first-order valence-corrected chi connectivity index (χ1v) is 11.3. The molecule has 2 saturated heterocycles. The molecular formula is C19H27N3O4S. The number of aryl methyl sites for hydroxylation is 1. The average Bonchev–Trinajstić information content (AvgIpc) is 2.93. The summed E-state index contributed by atoms with van der Waals surface area (Å²) in [6.45, 7) is 4.74. The summed E-state index contributed by atoms with van der Waals surface area (Å²) in [7, 11) is -3.26. The number of hydrogen-bond donors (Lipinski definition) is 0. The third-order valence-corrected chi connectivity index (χ3v) is 6.95. The van der Waals surface area contributed by atoms with Gasteiger partial charge in [-0.25, -0.2) is 8.42 Å². The Hall–Kier alpha value is -1.96. The molecule has 27 heavy (non-hydrogen) atoms. The lowest BCUT2D eigenvalue weighted by molar-refractivity contribution is -0.145. The molecule has 2 aliphatic rings. The van der Waals surface area contributed by atoms with Crippen molar-refractivity contribution < 1.29 is 18.0 Å². The van der Waals surface area contributed by atoms with Crippen molar-refractivity contribution in [1.29, 1.82) is 0 Å². The van der Waals surface area contributed by atoms with E-state index >= 15 is 0 Å². The van der Waals surface area contributed by atoms with Gasteiger partial charge in [0.05, 0.1) is 23.6 Å². The van der Waals surface area contributed by atoms with Crippen molar-refractivity contribution in [2.75, 3.05) is 24.6 Å². The fraction of sp³-hybridized carbons (Fsp3) is 0.632. The second kappa shape index (κ2) is 7.96. The number of pyridine rings is 1.